The third-order valence-corrected chi connectivity index (χ3v) is 5.60. The lowest BCUT2D eigenvalue weighted by atomic mass is 10.1. The molecular formula is C23H22N4O2S. The molecule has 0 aliphatic carbocycles. The van der Waals surface area contributed by atoms with Crippen LogP contribution in [0, 0.1) is 6.92 Å². The Hall–Kier alpha value is -3.32. The summed E-state index contributed by atoms with van der Waals surface area (Å²) >= 11 is 1.34. The summed E-state index contributed by atoms with van der Waals surface area (Å²) in [6.07, 6.45) is 2.47. The van der Waals surface area contributed by atoms with Gasteiger partial charge in [-0.25, -0.2) is 0 Å². The molecule has 0 aliphatic heterocycles. The van der Waals surface area contributed by atoms with Crippen molar-refractivity contribution in [2.75, 3.05) is 11.1 Å². The molecule has 0 saturated carbocycles. The minimum atomic E-state index is -0.0843. The number of nitrogens with one attached hydrogen (secondary N) is 1. The van der Waals surface area contributed by atoms with Crippen LogP contribution in [0.15, 0.2) is 76.5 Å². The highest BCUT2D eigenvalue weighted by Crippen LogP contribution is 2.28. The van der Waals surface area contributed by atoms with Crippen LogP contribution in [0.2, 0.25) is 0 Å². The molecule has 0 saturated heterocycles. The zero-order chi connectivity index (χ0) is 20.9. The van der Waals surface area contributed by atoms with Crippen molar-refractivity contribution in [3.63, 3.8) is 0 Å². The van der Waals surface area contributed by atoms with Gasteiger partial charge in [-0.05, 0) is 49.2 Å². The van der Waals surface area contributed by atoms with Crippen LogP contribution in [-0.4, -0.2) is 26.4 Å². The van der Waals surface area contributed by atoms with Gasteiger partial charge in [0.15, 0.2) is 10.9 Å². The second-order valence-corrected chi connectivity index (χ2v) is 7.74. The molecule has 30 heavy (non-hydrogen) atoms. The lowest BCUT2D eigenvalue weighted by molar-refractivity contribution is -0.113. The van der Waals surface area contributed by atoms with Crippen molar-refractivity contribution < 1.29 is 9.21 Å². The molecule has 2 heterocycles. The zero-order valence-corrected chi connectivity index (χ0v) is 17.6. The van der Waals surface area contributed by atoms with E-state index in [4.69, 9.17) is 4.42 Å². The predicted molar refractivity (Wildman–Crippen MR) is 119 cm³/mol. The summed E-state index contributed by atoms with van der Waals surface area (Å²) in [5, 5.41) is 12.3. The Morgan fingerprint density at radius 2 is 1.87 bits per heavy atom. The number of hydrogen-bond acceptors (Lipinski definition) is 5. The summed E-state index contributed by atoms with van der Waals surface area (Å²) in [4.78, 5) is 12.6. The smallest absolute Gasteiger partial charge is 0.234 e. The van der Waals surface area contributed by atoms with Gasteiger partial charge in [0.2, 0.25) is 11.7 Å². The fourth-order valence-corrected chi connectivity index (χ4v) is 3.87. The van der Waals surface area contributed by atoms with Gasteiger partial charge in [-0.3, -0.25) is 9.36 Å². The van der Waals surface area contributed by atoms with Gasteiger partial charge in [0.25, 0.3) is 0 Å². The van der Waals surface area contributed by atoms with Crippen molar-refractivity contribution in [3.8, 4) is 17.3 Å². The molecule has 4 aromatic rings. The molecule has 0 bridgehead atoms. The quantitative estimate of drug-likeness (QED) is 0.421. The van der Waals surface area contributed by atoms with Gasteiger partial charge in [0, 0.05) is 11.4 Å². The number of anilines is 1. The number of benzene rings is 2. The fraction of sp³-hybridized carbons (Fsp3) is 0.174. The first kappa shape index (κ1) is 20.0. The SMILES string of the molecule is CCc1ccccc1NC(=O)CSc1nnc(-c2ccco2)n1-c1ccc(C)cc1. The molecule has 6 nitrogen and oxygen atoms in total. The number of aromatic nitrogens is 3. The van der Waals surface area contributed by atoms with E-state index in [0.29, 0.717) is 16.7 Å². The highest BCUT2D eigenvalue weighted by molar-refractivity contribution is 7.99. The van der Waals surface area contributed by atoms with Gasteiger partial charge in [-0.15, -0.1) is 10.2 Å². The predicted octanol–water partition coefficient (Wildman–Crippen LogP) is 5.13. The minimum absolute atomic E-state index is 0.0843. The van der Waals surface area contributed by atoms with Crippen molar-refractivity contribution in [2.24, 2.45) is 0 Å². The Kier molecular flexibility index (Phi) is 5.99. The van der Waals surface area contributed by atoms with Crippen molar-refractivity contribution in [1.29, 1.82) is 0 Å². The molecular weight excluding hydrogens is 396 g/mol. The maximum absolute atomic E-state index is 12.6. The largest absolute Gasteiger partial charge is 0.461 e. The van der Waals surface area contributed by atoms with Gasteiger partial charge in [-0.1, -0.05) is 54.6 Å². The molecule has 2 aromatic carbocycles. The molecule has 0 spiro atoms. The molecule has 7 heteroatoms. The van der Waals surface area contributed by atoms with Crippen molar-refractivity contribution in [1.82, 2.24) is 14.8 Å². The Morgan fingerprint density at radius 3 is 2.60 bits per heavy atom. The molecule has 2 aromatic heterocycles. The number of carbonyl (C=O) groups excluding carboxylic acids is 1. The summed E-state index contributed by atoms with van der Waals surface area (Å²) in [6.45, 7) is 4.11. The average molecular weight is 419 g/mol. The van der Waals surface area contributed by atoms with Crippen LogP contribution in [0.5, 0.6) is 0 Å². The summed E-state index contributed by atoms with van der Waals surface area (Å²) in [7, 11) is 0. The van der Waals surface area contributed by atoms with E-state index in [2.05, 4.69) is 22.4 Å². The maximum Gasteiger partial charge on any atom is 0.234 e. The highest BCUT2D eigenvalue weighted by Gasteiger charge is 2.19. The van der Waals surface area contributed by atoms with Crippen LogP contribution in [0.3, 0.4) is 0 Å². The molecule has 4 rings (SSSR count). The number of amides is 1. The van der Waals surface area contributed by atoms with Crippen molar-refractivity contribution in [2.45, 2.75) is 25.4 Å². The zero-order valence-electron chi connectivity index (χ0n) is 16.8. The lowest BCUT2D eigenvalue weighted by Gasteiger charge is -2.11. The molecule has 1 amide bonds. The molecule has 152 valence electrons. The van der Waals surface area contributed by atoms with Gasteiger partial charge >= 0.3 is 0 Å². The minimum Gasteiger partial charge on any atom is -0.461 e. The van der Waals surface area contributed by atoms with E-state index in [1.165, 1.54) is 11.8 Å². The normalized spacial score (nSPS) is 10.9. The van der Waals surface area contributed by atoms with Crippen LogP contribution in [0.1, 0.15) is 18.1 Å². The third-order valence-electron chi connectivity index (χ3n) is 4.67. The van der Waals surface area contributed by atoms with Crippen LogP contribution in [-0.2, 0) is 11.2 Å². The van der Waals surface area contributed by atoms with Gasteiger partial charge in [0.1, 0.15) is 0 Å². The van der Waals surface area contributed by atoms with E-state index in [1.807, 2.05) is 72.2 Å². The maximum atomic E-state index is 12.6. The van der Waals surface area contributed by atoms with Gasteiger partial charge in [0.05, 0.1) is 12.0 Å². The van der Waals surface area contributed by atoms with Crippen LogP contribution >= 0.6 is 11.8 Å². The second-order valence-electron chi connectivity index (χ2n) is 6.80. The van der Waals surface area contributed by atoms with Gasteiger partial charge in [-0.2, -0.15) is 0 Å². The first-order valence-electron chi connectivity index (χ1n) is 9.72. The summed E-state index contributed by atoms with van der Waals surface area (Å²) in [5.74, 6) is 1.36. The summed E-state index contributed by atoms with van der Waals surface area (Å²) in [5.41, 5.74) is 4.03. The number of thioether (sulfide) groups is 1. The van der Waals surface area contributed by atoms with Crippen LogP contribution < -0.4 is 5.32 Å². The average Bonchev–Trinajstić information content (AvgIpc) is 3.43. The molecule has 1 N–H and O–H groups in total. The highest BCUT2D eigenvalue weighted by atomic mass is 32.2. The summed E-state index contributed by atoms with van der Waals surface area (Å²) < 4.78 is 7.45. The fourth-order valence-electron chi connectivity index (χ4n) is 3.12. The van der Waals surface area contributed by atoms with Crippen LogP contribution in [0.4, 0.5) is 5.69 Å². The number of furan rings is 1. The standard InChI is InChI=1S/C23H22N4O2S/c1-3-17-7-4-5-8-19(17)24-21(28)15-30-23-26-25-22(20-9-6-14-29-20)27(23)18-12-10-16(2)11-13-18/h4-14H,3,15H2,1-2H3,(H,24,28). The number of rotatable bonds is 7. The Balaban J connectivity index is 1.57. The molecule has 0 fully saturated rings. The van der Waals surface area contributed by atoms with E-state index in [9.17, 15) is 4.79 Å². The number of nitrogens with zero attached hydrogens (tertiary/aromatic N) is 3. The van der Waals surface area contributed by atoms with E-state index >= 15 is 0 Å². The number of aryl methyl sites for hydroxylation is 2. The Bertz CT molecular complexity index is 1130. The third kappa shape index (κ3) is 4.31. The molecule has 0 aliphatic rings. The Labute approximate surface area is 179 Å². The first-order chi connectivity index (χ1) is 14.7. The summed E-state index contributed by atoms with van der Waals surface area (Å²) in [6, 6.07) is 19.6. The van der Waals surface area contributed by atoms with Crippen LogP contribution in [0.25, 0.3) is 17.3 Å². The Morgan fingerprint density at radius 1 is 1.07 bits per heavy atom. The topological polar surface area (TPSA) is 73.0 Å². The number of hydrogen-bond donors (Lipinski definition) is 1. The second kappa shape index (κ2) is 9.00. The van der Waals surface area contributed by atoms with Crippen molar-refractivity contribution in [3.05, 3.63) is 78.1 Å². The number of carbonyl (C=O) groups is 1. The van der Waals surface area contributed by atoms with E-state index < -0.39 is 0 Å². The lowest BCUT2D eigenvalue weighted by Crippen LogP contribution is -2.15. The van der Waals surface area contributed by atoms with Gasteiger partial charge < -0.3 is 9.73 Å². The molecule has 0 radical (unpaired) electrons. The first-order valence-corrected chi connectivity index (χ1v) is 10.7. The van der Waals surface area contributed by atoms with Crippen molar-refractivity contribution >= 4 is 23.4 Å². The monoisotopic (exact) mass is 418 g/mol. The van der Waals surface area contributed by atoms with E-state index in [-0.39, 0.29) is 11.7 Å². The molecule has 0 unspecified atom stereocenters. The van der Waals surface area contributed by atoms with E-state index in [0.717, 1.165) is 28.9 Å². The van der Waals surface area contributed by atoms with E-state index in [1.54, 1.807) is 6.26 Å². The number of para-hydroxylation sites is 1. The molecule has 0 atom stereocenters.